The third kappa shape index (κ3) is 5.11. The van der Waals surface area contributed by atoms with Crippen LogP contribution in [0.2, 0.25) is 10.2 Å². The Morgan fingerprint density at radius 1 is 1.17 bits per heavy atom. The van der Waals surface area contributed by atoms with Crippen LogP contribution in [0.3, 0.4) is 0 Å². The number of nitrogens with zero attached hydrogens (tertiary/aromatic N) is 3. The molecule has 3 aromatic rings. The quantitative estimate of drug-likeness (QED) is 0.554. The van der Waals surface area contributed by atoms with Gasteiger partial charge in [0.1, 0.15) is 16.5 Å². The number of morpholine rings is 1. The summed E-state index contributed by atoms with van der Waals surface area (Å²) in [6.07, 6.45) is 3.86. The summed E-state index contributed by atoms with van der Waals surface area (Å²) in [6.45, 7) is 5.49. The second kappa shape index (κ2) is 10.3. The van der Waals surface area contributed by atoms with E-state index < -0.39 is 5.82 Å². The maximum atomic E-state index is 14.8. The number of halogens is 3. The van der Waals surface area contributed by atoms with Gasteiger partial charge < -0.3 is 14.6 Å². The summed E-state index contributed by atoms with van der Waals surface area (Å²) in [7, 11) is 0. The van der Waals surface area contributed by atoms with E-state index in [0.717, 1.165) is 51.3 Å². The van der Waals surface area contributed by atoms with Gasteiger partial charge in [0.2, 0.25) is 0 Å². The van der Waals surface area contributed by atoms with E-state index in [1.54, 1.807) is 27.6 Å². The molecule has 5 rings (SSSR count). The van der Waals surface area contributed by atoms with Crippen molar-refractivity contribution >= 4 is 34.6 Å². The highest BCUT2D eigenvalue weighted by molar-refractivity contribution is 6.42. The fourth-order valence-electron chi connectivity index (χ4n) is 5.10. The molecule has 1 aromatic carbocycles. The number of aromatic nitrogens is 2. The predicted octanol–water partition coefficient (Wildman–Crippen LogP) is 3.85. The van der Waals surface area contributed by atoms with Crippen LogP contribution in [0.25, 0.3) is 5.52 Å². The number of rotatable bonds is 5. The monoisotopic (exact) mass is 520 g/mol. The molecule has 0 radical (unpaired) electrons. The summed E-state index contributed by atoms with van der Waals surface area (Å²) in [5.74, 6) is -0.459. The summed E-state index contributed by atoms with van der Waals surface area (Å²) < 4.78 is 21.8. The molecular formula is C25H27Cl2FN4O3. The Balaban J connectivity index is 1.35. The molecule has 0 aliphatic carbocycles. The van der Waals surface area contributed by atoms with Crippen molar-refractivity contribution < 1.29 is 13.9 Å². The summed E-state index contributed by atoms with van der Waals surface area (Å²) in [5, 5.41) is 0.511. The van der Waals surface area contributed by atoms with E-state index in [0.29, 0.717) is 36.6 Å². The van der Waals surface area contributed by atoms with Crippen LogP contribution in [-0.2, 0) is 11.2 Å². The Labute approximate surface area is 212 Å². The Kier molecular flexibility index (Phi) is 7.16. The molecule has 2 aliphatic rings. The highest BCUT2D eigenvalue weighted by atomic mass is 35.5. The lowest BCUT2D eigenvalue weighted by Crippen LogP contribution is -2.46. The standard InChI is InChI=1S/C25H27Cl2FN4O3/c26-20-12-22-24(33)29-13-18(32(22)23(20)27)10-16-3-4-21(28)19(11-16)25(34)31-5-1-2-17(15-31)14-30-6-8-35-9-7-30/h3-4,11-13,17H,1-2,5-10,14-15H2,(H,29,33). The van der Waals surface area contributed by atoms with Crippen LogP contribution in [0, 0.1) is 11.7 Å². The number of aromatic amines is 1. The number of carbonyl (C=O) groups is 1. The van der Waals surface area contributed by atoms with Gasteiger partial charge in [-0.05, 0) is 42.5 Å². The zero-order chi connectivity index (χ0) is 24.5. The van der Waals surface area contributed by atoms with Crippen LogP contribution in [0.4, 0.5) is 4.39 Å². The molecule has 186 valence electrons. The first kappa shape index (κ1) is 24.3. The number of hydrogen-bond acceptors (Lipinski definition) is 4. The van der Waals surface area contributed by atoms with Crippen LogP contribution in [0.5, 0.6) is 0 Å². The number of H-pyrrole nitrogens is 1. The molecule has 0 saturated carbocycles. The summed E-state index contributed by atoms with van der Waals surface area (Å²) in [5.41, 5.74) is 1.48. The SMILES string of the molecule is O=C(c1cc(Cc2c[nH]c(=O)c3cc(Cl)c(Cl)n23)ccc1F)N1CCCC(CN2CCOCC2)C1. The summed E-state index contributed by atoms with van der Waals surface area (Å²) in [4.78, 5) is 32.3. The summed E-state index contributed by atoms with van der Waals surface area (Å²) >= 11 is 12.5. The van der Waals surface area contributed by atoms with Crippen LogP contribution >= 0.6 is 23.2 Å². The molecule has 1 atom stereocenters. The highest BCUT2D eigenvalue weighted by Gasteiger charge is 2.28. The van der Waals surface area contributed by atoms with Gasteiger partial charge in [-0.3, -0.25) is 18.9 Å². The van der Waals surface area contributed by atoms with E-state index in [1.807, 2.05) is 0 Å². The molecule has 35 heavy (non-hydrogen) atoms. The predicted molar refractivity (Wildman–Crippen MR) is 133 cm³/mol. The van der Waals surface area contributed by atoms with Gasteiger partial charge in [-0.2, -0.15) is 0 Å². The lowest BCUT2D eigenvalue weighted by Gasteiger charge is -2.37. The molecule has 1 N–H and O–H groups in total. The maximum absolute atomic E-state index is 14.8. The average molecular weight is 521 g/mol. The lowest BCUT2D eigenvalue weighted by atomic mass is 9.96. The topological polar surface area (TPSA) is 70.1 Å². The van der Waals surface area contributed by atoms with E-state index in [4.69, 9.17) is 27.9 Å². The number of piperidine rings is 1. The number of nitrogens with one attached hydrogen (secondary N) is 1. The lowest BCUT2D eigenvalue weighted by molar-refractivity contribution is 0.0223. The van der Waals surface area contributed by atoms with Crippen molar-refractivity contribution in [1.82, 2.24) is 19.2 Å². The van der Waals surface area contributed by atoms with Crippen molar-refractivity contribution in [2.75, 3.05) is 45.9 Å². The third-order valence-electron chi connectivity index (χ3n) is 6.86. The number of amides is 1. The van der Waals surface area contributed by atoms with E-state index in [2.05, 4.69) is 9.88 Å². The smallest absolute Gasteiger partial charge is 0.272 e. The molecule has 10 heteroatoms. The number of carbonyl (C=O) groups excluding carboxylic acids is 1. The molecule has 2 aromatic heterocycles. The van der Waals surface area contributed by atoms with E-state index >= 15 is 0 Å². The zero-order valence-electron chi connectivity index (χ0n) is 19.2. The molecule has 1 unspecified atom stereocenters. The number of fused-ring (bicyclic) bond motifs is 1. The first-order chi connectivity index (χ1) is 16.9. The Bertz CT molecular complexity index is 1300. The van der Waals surface area contributed by atoms with Crippen molar-refractivity contribution in [3.8, 4) is 0 Å². The van der Waals surface area contributed by atoms with Gasteiger partial charge in [0, 0.05) is 51.0 Å². The second-order valence-electron chi connectivity index (χ2n) is 9.28. The van der Waals surface area contributed by atoms with E-state index in [-0.39, 0.29) is 27.2 Å². The van der Waals surface area contributed by atoms with Crippen LogP contribution < -0.4 is 5.56 Å². The van der Waals surface area contributed by atoms with Crippen molar-refractivity contribution in [2.24, 2.45) is 5.92 Å². The molecule has 0 spiro atoms. The van der Waals surface area contributed by atoms with Gasteiger partial charge in [-0.15, -0.1) is 0 Å². The largest absolute Gasteiger partial charge is 0.379 e. The van der Waals surface area contributed by atoms with Crippen molar-refractivity contribution in [1.29, 1.82) is 0 Å². The van der Waals surface area contributed by atoms with Gasteiger partial charge >= 0.3 is 0 Å². The number of benzene rings is 1. The molecular weight excluding hydrogens is 494 g/mol. The maximum Gasteiger partial charge on any atom is 0.272 e. The number of ether oxygens (including phenoxy) is 1. The molecule has 2 fully saturated rings. The highest BCUT2D eigenvalue weighted by Crippen LogP contribution is 2.27. The van der Waals surface area contributed by atoms with E-state index in [1.165, 1.54) is 12.1 Å². The van der Waals surface area contributed by atoms with Crippen LogP contribution in [0.1, 0.15) is 34.5 Å². The molecule has 1 amide bonds. The van der Waals surface area contributed by atoms with Crippen LogP contribution in [0.15, 0.2) is 35.3 Å². The Hall–Kier alpha value is -2.39. The number of likely N-dealkylation sites (tertiary alicyclic amines) is 1. The van der Waals surface area contributed by atoms with Gasteiger partial charge in [0.25, 0.3) is 11.5 Å². The van der Waals surface area contributed by atoms with Gasteiger partial charge in [0.15, 0.2) is 0 Å². The minimum atomic E-state index is -0.539. The third-order valence-corrected chi connectivity index (χ3v) is 7.62. The van der Waals surface area contributed by atoms with Crippen molar-refractivity contribution in [3.63, 3.8) is 0 Å². The molecule has 4 heterocycles. The Morgan fingerprint density at radius 2 is 1.97 bits per heavy atom. The fourth-order valence-corrected chi connectivity index (χ4v) is 5.54. The van der Waals surface area contributed by atoms with Crippen molar-refractivity contribution in [2.45, 2.75) is 19.3 Å². The average Bonchev–Trinajstić information content (AvgIpc) is 3.17. The van der Waals surface area contributed by atoms with Gasteiger partial charge in [-0.1, -0.05) is 29.3 Å². The molecule has 2 saturated heterocycles. The fraction of sp³-hybridized carbons (Fsp3) is 0.440. The summed E-state index contributed by atoms with van der Waals surface area (Å²) in [6, 6.07) is 6.07. The van der Waals surface area contributed by atoms with Crippen molar-refractivity contribution in [3.05, 3.63) is 73.6 Å². The van der Waals surface area contributed by atoms with E-state index in [9.17, 15) is 14.0 Å². The van der Waals surface area contributed by atoms with Gasteiger partial charge in [0.05, 0.1) is 23.8 Å². The Morgan fingerprint density at radius 3 is 2.77 bits per heavy atom. The number of hydrogen-bond donors (Lipinski definition) is 1. The first-order valence-corrected chi connectivity index (χ1v) is 12.6. The zero-order valence-corrected chi connectivity index (χ0v) is 20.7. The second-order valence-corrected chi connectivity index (χ2v) is 10.0. The minimum absolute atomic E-state index is 0.0619. The molecule has 0 bridgehead atoms. The van der Waals surface area contributed by atoms with Gasteiger partial charge in [-0.25, -0.2) is 4.39 Å². The first-order valence-electron chi connectivity index (χ1n) is 11.9. The minimum Gasteiger partial charge on any atom is -0.379 e. The molecule has 7 nitrogen and oxygen atoms in total. The van der Waals surface area contributed by atoms with Crippen LogP contribution in [-0.4, -0.2) is 71.0 Å². The molecule has 2 aliphatic heterocycles. The normalized spacial score (nSPS) is 19.4.